The molecule has 1 aromatic carbocycles. The van der Waals surface area contributed by atoms with Gasteiger partial charge < -0.3 is 0 Å². The summed E-state index contributed by atoms with van der Waals surface area (Å²) in [7, 11) is 0. The monoisotopic (exact) mass is 354 g/mol. The Bertz CT molecular complexity index is 748. The number of hydrogen-bond donors (Lipinski definition) is 2. The van der Waals surface area contributed by atoms with Crippen LogP contribution in [0.15, 0.2) is 36.4 Å². The Balaban J connectivity index is 1.78. The number of halogens is 2. The number of amides is 2. The number of ketones is 1. The van der Waals surface area contributed by atoms with Gasteiger partial charge in [0.15, 0.2) is 5.78 Å². The summed E-state index contributed by atoms with van der Waals surface area (Å²) in [6, 6.07) is 8.58. The van der Waals surface area contributed by atoms with Crippen LogP contribution in [0.1, 0.15) is 32.9 Å². The van der Waals surface area contributed by atoms with Crippen LogP contribution in [-0.2, 0) is 4.79 Å². The zero-order valence-electron chi connectivity index (χ0n) is 11.8. The minimum atomic E-state index is -0.771. The number of nitrogens with one attached hydrogen (secondary N) is 2. The predicted octanol–water partition coefficient (Wildman–Crippen LogP) is 2.96. The molecule has 8 heteroatoms. The molecule has 0 radical (unpaired) electrons. The Morgan fingerprint density at radius 2 is 1.78 bits per heavy atom. The van der Waals surface area contributed by atoms with E-state index in [-0.39, 0.29) is 24.2 Å². The summed E-state index contributed by atoms with van der Waals surface area (Å²) in [5, 5.41) is 0. The minimum Gasteiger partial charge on any atom is -0.293 e. The van der Waals surface area contributed by atoms with Gasteiger partial charge in [0.1, 0.15) is 5.82 Å². The van der Waals surface area contributed by atoms with Crippen molar-refractivity contribution in [3.63, 3.8) is 0 Å². The number of carbonyl (C=O) groups excluding carboxylic acids is 3. The van der Waals surface area contributed by atoms with E-state index in [1.54, 1.807) is 12.1 Å². The molecule has 2 amide bonds. The van der Waals surface area contributed by atoms with E-state index in [2.05, 4.69) is 10.9 Å². The molecule has 23 heavy (non-hydrogen) atoms. The SMILES string of the molecule is O=C(CCC(=O)c1ccc(Cl)s1)NNC(=O)c1ccccc1F. The molecule has 2 aromatic rings. The van der Waals surface area contributed by atoms with E-state index in [0.29, 0.717) is 9.21 Å². The van der Waals surface area contributed by atoms with Crippen LogP contribution in [0.3, 0.4) is 0 Å². The Morgan fingerprint density at radius 3 is 2.43 bits per heavy atom. The van der Waals surface area contributed by atoms with Crippen LogP contribution in [0.4, 0.5) is 4.39 Å². The molecular formula is C15H12ClFN2O3S. The fraction of sp³-hybridized carbons (Fsp3) is 0.133. The van der Waals surface area contributed by atoms with Crippen molar-refractivity contribution < 1.29 is 18.8 Å². The van der Waals surface area contributed by atoms with E-state index in [0.717, 1.165) is 17.4 Å². The molecule has 0 atom stereocenters. The standard InChI is InChI=1S/C15H12ClFN2O3S/c16-13-7-6-12(23-13)11(20)5-8-14(21)18-19-15(22)9-3-1-2-4-10(9)17/h1-4,6-7H,5,8H2,(H,18,21)(H,19,22). The van der Waals surface area contributed by atoms with Crippen molar-refractivity contribution in [3.8, 4) is 0 Å². The molecule has 0 saturated heterocycles. The Morgan fingerprint density at radius 1 is 1.04 bits per heavy atom. The Hall–Kier alpha value is -2.25. The molecule has 1 aromatic heterocycles. The van der Waals surface area contributed by atoms with Gasteiger partial charge in [-0.25, -0.2) is 4.39 Å². The van der Waals surface area contributed by atoms with Gasteiger partial charge in [-0.05, 0) is 24.3 Å². The first-order chi connectivity index (χ1) is 11.0. The van der Waals surface area contributed by atoms with Crippen LogP contribution < -0.4 is 10.9 Å². The van der Waals surface area contributed by atoms with Crippen LogP contribution >= 0.6 is 22.9 Å². The van der Waals surface area contributed by atoms with Crippen molar-refractivity contribution in [2.45, 2.75) is 12.8 Å². The fourth-order valence-corrected chi connectivity index (χ4v) is 2.73. The number of hydrazine groups is 1. The molecule has 0 saturated carbocycles. The van der Waals surface area contributed by atoms with E-state index < -0.39 is 17.6 Å². The van der Waals surface area contributed by atoms with E-state index in [9.17, 15) is 18.8 Å². The molecule has 2 N–H and O–H groups in total. The summed E-state index contributed by atoms with van der Waals surface area (Å²) in [4.78, 5) is 35.6. The number of thiophene rings is 1. The maximum absolute atomic E-state index is 13.4. The van der Waals surface area contributed by atoms with Crippen molar-refractivity contribution in [1.29, 1.82) is 0 Å². The Kier molecular flexibility index (Phi) is 5.84. The van der Waals surface area contributed by atoms with Gasteiger partial charge in [-0.3, -0.25) is 25.2 Å². The highest BCUT2D eigenvalue weighted by Gasteiger charge is 2.14. The molecule has 2 rings (SSSR count). The second-order valence-corrected chi connectivity index (χ2v) is 6.22. The van der Waals surface area contributed by atoms with Crippen LogP contribution in [0, 0.1) is 5.82 Å². The number of carbonyl (C=O) groups is 3. The van der Waals surface area contributed by atoms with Crippen LogP contribution in [0.5, 0.6) is 0 Å². The number of benzene rings is 1. The summed E-state index contributed by atoms with van der Waals surface area (Å²) >= 11 is 6.87. The zero-order valence-corrected chi connectivity index (χ0v) is 13.3. The average molecular weight is 355 g/mol. The van der Waals surface area contributed by atoms with Gasteiger partial charge in [0, 0.05) is 12.8 Å². The van der Waals surface area contributed by atoms with Gasteiger partial charge in [-0.2, -0.15) is 0 Å². The quantitative estimate of drug-likeness (QED) is 0.640. The molecule has 0 aliphatic heterocycles. The van der Waals surface area contributed by atoms with E-state index in [1.165, 1.54) is 18.2 Å². The number of Topliss-reactive ketones (excluding diaryl/α,β-unsaturated/α-hetero) is 1. The van der Waals surface area contributed by atoms with E-state index in [1.807, 2.05) is 0 Å². The fourth-order valence-electron chi connectivity index (χ4n) is 1.72. The van der Waals surface area contributed by atoms with Crippen molar-refractivity contribution in [3.05, 3.63) is 57.0 Å². The highest BCUT2D eigenvalue weighted by atomic mass is 35.5. The lowest BCUT2D eigenvalue weighted by molar-refractivity contribution is -0.121. The number of rotatable bonds is 5. The molecule has 120 valence electrons. The second-order valence-electron chi connectivity index (χ2n) is 4.51. The summed E-state index contributed by atoms with van der Waals surface area (Å²) < 4.78 is 13.9. The first-order valence-corrected chi connectivity index (χ1v) is 7.79. The molecule has 1 heterocycles. The van der Waals surface area contributed by atoms with Crippen LogP contribution in [0.2, 0.25) is 4.34 Å². The van der Waals surface area contributed by atoms with Gasteiger partial charge in [0.25, 0.3) is 5.91 Å². The maximum atomic E-state index is 13.4. The van der Waals surface area contributed by atoms with Crippen molar-refractivity contribution in [2.75, 3.05) is 0 Å². The van der Waals surface area contributed by atoms with Crippen LogP contribution in [0.25, 0.3) is 0 Å². The summed E-state index contributed by atoms with van der Waals surface area (Å²) in [6.45, 7) is 0. The lowest BCUT2D eigenvalue weighted by Gasteiger charge is -2.07. The third kappa shape index (κ3) is 4.87. The lowest BCUT2D eigenvalue weighted by atomic mass is 10.2. The van der Waals surface area contributed by atoms with Gasteiger partial charge in [-0.1, -0.05) is 23.7 Å². The topological polar surface area (TPSA) is 75.3 Å². The first-order valence-electron chi connectivity index (χ1n) is 6.59. The second kappa shape index (κ2) is 7.85. The number of hydrogen-bond acceptors (Lipinski definition) is 4. The zero-order chi connectivity index (χ0) is 16.8. The molecule has 0 bridgehead atoms. The molecule has 0 aliphatic rings. The normalized spacial score (nSPS) is 10.2. The van der Waals surface area contributed by atoms with Gasteiger partial charge in [-0.15, -0.1) is 11.3 Å². The van der Waals surface area contributed by atoms with Crippen LogP contribution in [-0.4, -0.2) is 17.6 Å². The van der Waals surface area contributed by atoms with Gasteiger partial charge in [0.05, 0.1) is 14.8 Å². The van der Waals surface area contributed by atoms with Gasteiger partial charge in [0.2, 0.25) is 5.91 Å². The van der Waals surface area contributed by atoms with E-state index in [4.69, 9.17) is 11.6 Å². The summed E-state index contributed by atoms with van der Waals surface area (Å²) in [6.07, 6.45) is -0.121. The third-order valence-corrected chi connectivity index (χ3v) is 4.13. The van der Waals surface area contributed by atoms with E-state index >= 15 is 0 Å². The predicted molar refractivity (Wildman–Crippen MR) is 84.9 cm³/mol. The molecular weight excluding hydrogens is 343 g/mol. The maximum Gasteiger partial charge on any atom is 0.272 e. The molecule has 5 nitrogen and oxygen atoms in total. The highest BCUT2D eigenvalue weighted by Crippen LogP contribution is 2.22. The molecule has 0 aliphatic carbocycles. The minimum absolute atomic E-state index is 0.0156. The van der Waals surface area contributed by atoms with Gasteiger partial charge >= 0.3 is 0 Å². The smallest absolute Gasteiger partial charge is 0.272 e. The third-order valence-electron chi connectivity index (χ3n) is 2.86. The lowest BCUT2D eigenvalue weighted by Crippen LogP contribution is -2.42. The summed E-state index contributed by atoms with van der Waals surface area (Å²) in [5.74, 6) is -2.22. The van der Waals surface area contributed by atoms with Crippen molar-refractivity contribution in [1.82, 2.24) is 10.9 Å². The summed E-state index contributed by atoms with van der Waals surface area (Å²) in [5.41, 5.74) is 4.06. The molecule has 0 unspecified atom stereocenters. The van der Waals surface area contributed by atoms with Crippen molar-refractivity contribution >= 4 is 40.5 Å². The molecule has 0 fully saturated rings. The average Bonchev–Trinajstić information content (AvgIpc) is 2.97. The highest BCUT2D eigenvalue weighted by molar-refractivity contribution is 7.18. The first kappa shape index (κ1) is 17.1. The Labute approximate surface area is 140 Å². The molecule has 0 spiro atoms. The largest absolute Gasteiger partial charge is 0.293 e. The van der Waals surface area contributed by atoms with Crippen molar-refractivity contribution in [2.24, 2.45) is 0 Å².